The Bertz CT molecular complexity index is 1010. The van der Waals surface area contributed by atoms with Gasteiger partial charge in [-0.3, -0.25) is 0 Å². The maximum atomic E-state index is 12.9. The summed E-state index contributed by atoms with van der Waals surface area (Å²) in [6, 6.07) is 9.01. The van der Waals surface area contributed by atoms with Crippen molar-refractivity contribution in [2.75, 3.05) is 39.8 Å². The Morgan fingerprint density at radius 1 is 1.06 bits per heavy atom. The molecule has 2 aromatic carbocycles. The minimum Gasteiger partial charge on any atom is -0.493 e. The Balaban J connectivity index is 2.23. The van der Waals surface area contributed by atoms with Crippen molar-refractivity contribution in [3.63, 3.8) is 0 Å². The van der Waals surface area contributed by atoms with E-state index >= 15 is 0 Å². The van der Waals surface area contributed by atoms with E-state index in [2.05, 4.69) is 10.0 Å². The number of carbonyl (C=O) groups is 1. The number of aromatic carboxylic acids is 1. The number of sulfonamides is 1. The van der Waals surface area contributed by atoms with Gasteiger partial charge >= 0.3 is 5.97 Å². The molecule has 0 fully saturated rings. The molecule has 0 bridgehead atoms. The predicted molar refractivity (Wildman–Crippen MR) is 117 cm³/mol. The summed E-state index contributed by atoms with van der Waals surface area (Å²) in [5.74, 6) is 0.0109. The fourth-order valence-electron chi connectivity index (χ4n) is 3.01. The fourth-order valence-corrected chi connectivity index (χ4v) is 4.45. The standard InChI is InChI=1S/C21H28N2O7S/c1-14(13-28-2)23-31(26,27)20-12-16(21(24)25)6-7-17(20)22-10-9-15-5-8-18(29-3)19(11-15)30-4/h5-8,11-12,14,22-23H,9-10,13H2,1-4H3,(H,24,25). The number of carboxylic acid groups (broad SMARTS) is 1. The Kier molecular flexibility index (Phi) is 8.66. The number of benzene rings is 2. The summed E-state index contributed by atoms with van der Waals surface area (Å²) in [6.07, 6.45) is 0.577. The normalized spacial score (nSPS) is 12.3. The van der Waals surface area contributed by atoms with Crippen LogP contribution in [-0.2, 0) is 21.2 Å². The highest BCUT2D eigenvalue weighted by atomic mass is 32.2. The van der Waals surface area contributed by atoms with Crippen molar-refractivity contribution in [3.8, 4) is 11.5 Å². The van der Waals surface area contributed by atoms with Gasteiger partial charge in [0.25, 0.3) is 0 Å². The molecule has 1 unspecified atom stereocenters. The van der Waals surface area contributed by atoms with E-state index in [4.69, 9.17) is 14.2 Å². The molecule has 0 aromatic heterocycles. The molecular formula is C21H28N2O7S. The van der Waals surface area contributed by atoms with Crippen LogP contribution in [0.25, 0.3) is 0 Å². The van der Waals surface area contributed by atoms with Crippen molar-refractivity contribution in [2.24, 2.45) is 0 Å². The number of nitrogens with one attached hydrogen (secondary N) is 2. The summed E-state index contributed by atoms with van der Waals surface area (Å²) in [4.78, 5) is 11.2. The van der Waals surface area contributed by atoms with Crippen molar-refractivity contribution >= 4 is 21.7 Å². The van der Waals surface area contributed by atoms with E-state index in [0.29, 0.717) is 30.2 Å². The van der Waals surface area contributed by atoms with Gasteiger partial charge in [-0.25, -0.2) is 17.9 Å². The summed E-state index contributed by atoms with van der Waals surface area (Å²) >= 11 is 0. The quantitative estimate of drug-likeness (QED) is 0.449. The van der Waals surface area contributed by atoms with Crippen LogP contribution in [0.4, 0.5) is 5.69 Å². The first-order valence-corrected chi connectivity index (χ1v) is 11.0. The average molecular weight is 453 g/mol. The van der Waals surface area contributed by atoms with Gasteiger partial charge in [0.2, 0.25) is 10.0 Å². The van der Waals surface area contributed by atoms with E-state index in [-0.39, 0.29) is 17.1 Å². The molecule has 0 aliphatic carbocycles. The van der Waals surface area contributed by atoms with Crippen LogP contribution in [0.3, 0.4) is 0 Å². The Morgan fingerprint density at radius 3 is 2.39 bits per heavy atom. The summed E-state index contributed by atoms with van der Waals surface area (Å²) in [5.41, 5.74) is 1.15. The molecule has 10 heteroatoms. The average Bonchev–Trinajstić information content (AvgIpc) is 2.73. The van der Waals surface area contributed by atoms with Crippen molar-refractivity contribution in [1.82, 2.24) is 4.72 Å². The zero-order chi connectivity index (χ0) is 23.0. The van der Waals surface area contributed by atoms with Gasteiger partial charge in [0.05, 0.1) is 32.1 Å². The van der Waals surface area contributed by atoms with Crippen LogP contribution >= 0.6 is 0 Å². The van der Waals surface area contributed by atoms with E-state index in [1.807, 2.05) is 12.1 Å². The topological polar surface area (TPSA) is 123 Å². The van der Waals surface area contributed by atoms with Gasteiger partial charge in [0, 0.05) is 19.7 Å². The lowest BCUT2D eigenvalue weighted by molar-refractivity contribution is 0.0696. The van der Waals surface area contributed by atoms with Crippen LogP contribution in [0.15, 0.2) is 41.3 Å². The number of rotatable bonds is 12. The van der Waals surface area contributed by atoms with Gasteiger partial charge in [-0.2, -0.15) is 0 Å². The van der Waals surface area contributed by atoms with E-state index in [1.165, 1.54) is 19.2 Å². The Labute approximate surface area is 182 Å². The SMILES string of the molecule is COCC(C)NS(=O)(=O)c1cc(C(=O)O)ccc1NCCc1ccc(OC)c(OC)c1. The number of anilines is 1. The van der Waals surface area contributed by atoms with Crippen LogP contribution in [0, 0.1) is 0 Å². The summed E-state index contributed by atoms with van der Waals surface area (Å²) in [5, 5.41) is 12.4. The second-order valence-electron chi connectivity index (χ2n) is 6.86. The van der Waals surface area contributed by atoms with Gasteiger partial charge in [0.15, 0.2) is 11.5 Å². The lowest BCUT2D eigenvalue weighted by Gasteiger charge is -2.17. The second kappa shape index (κ2) is 11.0. The number of carboxylic acids is 1. The highest BCUT2D eigenvalue weighted by molar-refractivity contribution is 7.89. The molecule has 3 N–H and O–H groups in total. The largest absolute Gasteiger partial charge is 0.493 e. The van der Waals surface area contributed by atoms with Crippen LogP contribution in [0.2, 0.25) is 0 Å². The molecule has 0 amide bonds. The molecule has 2 aromatic rings. The van der Waals surface area contributed by atoms with Crippen LogP contribution in [0.1, 0.15) is 22.8 Å². The smallest absolute Gasteiger partial charge is 0.335 e. The molecule has 1 atom stereocenters. The Hall–Kier alpha value is -2.82. The lowest BCUT2D eigenvalue weighted by atomic mass is 10.1. The van der Waals surface area contributed by atoms with E-state index in [1.54, 1.807) is 27.2 Å². The van der Waals surface area contributed by atoms with E-state index in [0.717, 1.165) is 11.6 Å². The van der Waals surface area contributed by atoms with Gasteiger partial charge < -0.3 is 24.6 Å². The maximum Gasteiger partial charge on any atom is 0.335 e. The lowest BCUT2D eigenvalue weighted by Crippen LogP contribution is -2.36. The maximum absolute atomic E-state index is 12.9. The van der Waals surface area contributed by atoms with Gasteiger partial charge in [-0.05, 0) is 49.2 Å². The number of methoxy groups -OCH3 is 3. The first-order valence-electron chi connectivity index (χ1n) is 9.55. The monoisotopic (exact) mass is 452 g/mol. The van der Waals surface area contributed by atoms with Crippen LogP contribution < -0.4 is 19.5 Å². The highest BCUT2D eigenvalue weighted by Crippen LogP contribution is 2.28. The zero-order valence-electron chi connectivity index (χ0n) is 18.0. The highest BCUT2D eigenvalue weighted by Gasteiger charge is 2.23. The zero-order valence-corrected chi connectivity index (χ0v) is 18.8. The number of ether oxygens (including phenoxy) is 3. The Morgan fingerprint density at radius 2 is 1.77 bits per heavy atom. The molecule has 0 saturated carbocycles. The molecule has 0 aliphatic heterocycles. The van der Waals surface area contributed by atoms with Crippen molar-refractivity contribution in [2.45, 2.75) is 24.3 Å². The third kappa shape index (κ3) is 6.58. The predicted octanol–water partition coefficient (Wildman–Crippen LogP) is 2.37. The van der Waals surface area contributed by atoms with E-state index < -0.39 is 22.0 Å². The minimum absolute atomic E-state index is 0.120. The van der Waals surface area contributed by atoms with Gasteiger partial charge in [-0.1, -0.05) is 6.07 Å². The first kappa shape index (κ1) is 24.4. The molecule has 0 saturated heterocycles. The van der Waals surface area contributed by atoms with Gasteiger partial charge in [-0.15, -0.1) is 0 Å². The molecule has 170 valence electrons. The second-order valence-corrected chi connectivity index (χ2v) is 8.54. The molecule has 31 heavy (non-hydrogen) atoms. The summed E-state index contributed by atoms with van der Waals surface area (Å²) in [7, 11) is 0.607. The summed E-state index contributed by atoms with van der Waals surface area (Å²) < 4.78 is 43.7. The van der Waals surface area contributed by atoms with Crippen molar-refractivity contribution < 1.29 is 32.5 Å². The van der Waals surface area contributed by atoms with Crippen molar-refractivity contribution in [3.05, 3.63) is 47.5 Å². The number of hydrogen-bond acceptors (Lipinski definition) is 7. The van der Waals surface area contributed by atoms with Gasteiger partial charge in [0.1, 0.15) is 4.90 Å². The molecule has 0 aliphatic rings. The van der Waals surface area contributed by atoms with Crippen molar-refractivity contribution in [1.29, 1.82) is 0 Å². The van der Waals surface area contributed by atoms with Crippen LogP contribution in [0.5, 0.6) is 11.5 Å². The number of hydrogen-bond donors (Lipinski definition) is 3. The first-order chi connectivity index (χ1) is 14.7. The molecule has 9 nitrogen and oxygen atoms in total. The third-order valence-corrected chi connectivity index (χ3v) is 6.10. The molecule has 0 heterocycles. The van der Waals surface area contributed by atoms with Crippen LogP contribution in [-0.4, -0.2) is 60.0 Å². The fraction of sp³-hybridized carbons (Fsp3) is 0.381. The molecule has 0 radical (unpaired) electrons. The summed E-state index contributed by atoms with van der Waals surface area (Å²) in [6.45, 7) is 2.25. The molecule has 0 spiro atoms. The minimum atomic E-state index is -3.98. The molecular weight excluding hydrogens is 424 g/mol. The molecule has 2 rings (SSSR count). The third-order valence-electron chi connectivity index (χ3n) is 4.47. The van der Waals surface area contributed by atoms with E-state index in [9.17, 15) is 18.3 Å².